The summed E-state index contributed by atoms with van der Waals surface area (Å²) in [4.78, 5) is 68.7. The number of anilines is 1. The van der Waals surface area contributed by atoms with Gasteiger partial charge in [0.25, 0.3) is 5.91 Å². The van der Waals surface area contributed by atoms with Crippen molar-refractivity contribution in [3.05, 3.63) is 29.8 Å². The van der Waals surface area contributed by atoms with Gasteiger partial charge in [-0.05, 0) is 56.4 Å². The number of fused-ring (bicyclic) bond motifs is 1. The van der Waals surface area contributed by atoms with E-state index in [-0.39, 0.29) is 29.7 Å². The fourth-order valence-electron chi connectivity index (χ4n) is 4.51. The number of nitrogens with one attached hydrogen (secondary N) is 3. The molecule has 0 saturated carbocycles. The summed E-state index contributed by atoms with van der Waals surface area (Å²) in [5.74, 6) is -3.87. The summed E-state index contributed by atoms with van der Waals surface area (Å²) in [6.45, 7) is 0.413. The van der Waals surface area contributed by atoms with E-state index in [1.807, 2.05) is 0 Å². The van der Waals surface area contributed by atoms with Crippen LogP contribution in [-0.4, -0.2) is 97.9 Å². The Balaban J connectivity index is 0.000000860. The Bertz CT molecular complexity index is 1200. The number of nitrogen functional groups attached to an aromatic ring is 1. The molecular weight excluding hydrogens is 615 g/mol. The van der Waals surface area contributed by atoms with Gasteiger partial charge in [-0.2, -0.15) is 24.9 Å². The molecule has 244 valence electrons. The van der Waals surface area contributed by atoms with E-state index >= 15 is 0 Å². The van der Waals surface area contributed by atoms with Crippen LogP contribution >= 0.6 is 11.8 Å². The second kappa shape index (κ2) is 16.6. The summed E-state index contributed by atoms with van der Waals surface area (Å²) in [5, 5.41) is 34.0. The van der Waals surface area contributed by atoms with Gasteiger partial charge in [0.2, 0.25) is 5.91 Å². The average molecular weight is 650 g/mol. The number of unbranched alkanes of at least 4 members (excludes halogenated alkanes) is 2. The van der Waals surface area contributed by atoms with Crippen molar-refractivity contribution in [3.63, 3.8) is 0 Å². The predicted octanol–water partition coefficient (Wildman–Crippen LogP) is 2.49. The maximum absolute atomic E-state index is 12.3. The molecule has 2 heterocycles. The Hall–Kier alpha value is -4.22. The summed E-state index contributed by atoms with van der Waals surface area (Å²) in [6.07, 6.45) is -2.39. The van der Waals surface area contributed by atoms with Crippen LogP contribution in [0.2, 0.25) is 0 Å². The number of carbonyl (C=O) groups is 6. The zero-order valence-electron chi connectivity index (χ0n) is 23.3. The van der Waals surface area contributed by atoms with Gasteiger partial charge >= 0.3 is 30.2 Å². The molecule has 0 aliphatic carbocycles. The van der Waals surface area contributed by atoms with Crippen molar-refractivity contribution in [2.75, 3.05) is 18.0 Å². The number of carbonyl (C=O) groups excluding carboxylic acids is 3. The van der Waals surface area contributed by atoms with Gasteiger partial charge < -0.3 is 37.0 Å². The zero-order valence-corrected chi connectivity index (χ0v) is 24.2. The minimum atomic E-state index is -5.08. The van der Waals surface area contributed by atoms with E-state index in [1.54, 1.807) is 23.9 Å². The Morgan fingerprint density at radius 2 is 1.68 bits per heavy atom. The number of benzene rings is 1. The largest absolute Gasteiger partial charge is 0.490 e. The Kier molecular flexibility index (Phi) is 13.6. The molecule has 1 aromatic carbocycles. The molecule has 0 bridgehead atoms. The molecule has 2 unspecified atom stereocenters. The van der Waals surface area contributed by atoms with Crippen LogP contribution in [0.5, 0.6) is 0 Å². The smallest absolute Gasteiger partial charge is 0.480 e. The number of alkyl halides is 3. The maximum Gasteiger partial charge on any atom is 0.490 e. The number of carboxylic acid groups (broad SMARTS) is 3. The summed E-state index contributed by atoms with van der Waals surface area (Å²) >= 11 is 1.65. The molecule has 2 fully saturated rings. The van der Waals surface area contributed by atoms with Crippen molar-refractivity contribution in [1.82, 2.24) is 20.9 Å². The van der Waals surface area contributed by atoms with Gasteiger partial charge in [0.1, 0.15) is 6.04 Å². The molecule has 2 aliphatic heterocycles. The Morgan fingerprint density at radius 3 is 2.25 bits per heavy atom. The number of urea groups is 1. The fourth-order valence-corrected chi connectivity index (χ4v) is 6.10. The van der Waals surface area contributed by atoms with Crippen molar-refractivity contribution < 1.29 is 57.3 Å². The molecule has 1 aromatic rings. The highest BCUT2D eigenvalue weighted by Gasteiger charge is 2.50. The summed E-state index contributed by atoms with van der Waals surface area (Å²) in [6, 6.07) is 4.08. The number of carboxylic acids is 2. The van der Waals surface area contributed by atoms with Crippen molar-refractivity contribution in [1.29, 1.82) is 0 Å². The van der Waals surface area contributed by atoms with Crippen molar-refractivity contribution >= 4 is 53.3 Å². The third kappa shape index (κ3) is 11.1. The van der Waals surface area contributed by atoms with Gasteiger partial charge in [-0.15, -0.1) is 0 Å². The number of halogens is 3. The van der Waals surface area contributed by atoms with Gasteiger partial charge in [0, 0.05) is 35.2 Å². The van der Waals surface area contributed by atoms with Crippen LogP contribution in [0.3, 0.4) is 0 Å². The van der Waals surface area contributed by atoms with E-state index in [1.165, 1.54) is 12.1 Å². The first-order chi connectivity index (χ1) is 20.6. The fraction of sp³-hybridized carbons (Fsp3) is 0.538. The predicted molar refractivity (Wildman–Crippen MR) is 151 cm³/mol. The van der Waals surface area contributed by atoms with Crippen molar-refractivity contribution in [2.24, 2.45) is 0 Å². The normalized spacial score (nSPS) is 19.6. The number of nitrogens with zero attached hydrogens (tertiary/aromatic N) is 1. The average Bonchev–Trinajstić information content (AvgIpc) is 3.47. The molecule has 44 heavy (non-hydrogen) atoms. The van der Waals surface area contributed by atoms with Crippen LogP contribution in [0.25, 0.3) is 0 Å². The second-order valence-corrected chi connectivity index (χ2v) is 11.2. The number of hydrogen-bond acceptors (Lipinski definition) is 8. The molecule has 5 amide bonds. The number of amides is 5. The minimum Gasteiger partial charge on any atom is -0.480 e. The molecule has 18 heteroatoms. The van der Waals surface area contributed by atoms with Gasteiger partial charge in [0.15, 0.2) is 0 Å². The highest BCUT2D eigenvalue weighted by atomic mass is 32.2. The molecule has 14 nitrogen and oxygen atoms in total. The monoisotopic (exact) mass is 649 g/mol. The number of thioether (sulfide) groups is 1. The Morgan fingerprint density at radius 1 is 1.05 bits per heavy atom. The highest BCUT2D eigenvalue weighted by Crippen LogP contribution is 2.37. The van der Waals surface area contributed by atoms with Gasteiger partial charge in [-0.3, -0.25) is 9.59 Å². The van der Waals surface area contributed by atoms with E-state index in [9.17, 15) is 47.4 Å². The van der Waals surface area contributed by atoms with E-state index in [0.29, 0.717) is 49.2 Å². The van der Waals surface area contributed by atoms with Crippen LogP contribution < -0.4 is 21.7 Å². The first-order valence-corrected chi connectivity index (χ1v) is 14.6. The first-order valence-electron chi connectivity index (χ1n) is 13.5. The van der Waals surface area contributed by atoms with Crippen LogP contribution in [0.1, 0.15) is 55.3 Å². The highest BCUT2D eigenvalue weighted by molar-refractivity contribution is 8.00. The van der Waals surface area contributed by atoms with E-state index in [0.717, 1.165) is 17.7 Å². The lowest BCUT2D eigenvalue weighted by Gasteiger charge is -2.17. The number of hydrogen-bond donors (Lipinski definition) is 7. The van der Waals surface area contributed by atoms with E-state index in [2.05, 4.69) is 16.0 Å². The molecule has 0 spiro atoms. The van der Waals surface area contributed by atoms with E-state index in [4.69, 9.17) is 15.6 Å². The maximum atomic E-state index is 12.3. The molecule has 4 atom stereocenters. The van der Waals surface area contributed by atoms with Crippen LogP contribution in [0, 0.1) is 0 Å². The molecular formula is C26H34F3N5O9S. The SMILES string of the molecule is Nc1ccc(C(=O)NC(CCCCNC(=O)CCCCC2SC[C@H]3[C@@H]2NC(=O)N3C(=O)O)C(=O)O)cc1.O=C(O)C(F)(F)F. The van der Waals surface area contributed by atoms with Gasteiger partial charge in [-0.1, -0.05) is 6.42 Å². The summed E-state index contributed by atoms with van der Waals surface area (Å²) in [5.41, 5.74) is 6.43. The lowest BCUT2D eigenvalue weighted by Crippen LogP contribution is -2.40. The van der Waals surface area contributed by atoms with Gasteiger partial charge in [0.05, 0.1) is 12.1 Å². The van der Waals surface area contributed by atoms with E-state index < -0.39 is 42.2 Å². The lowest BCUT2D eigenvalue weighted by atomic mass is 10.0. The van der Waals surface area contributed by atoms with Gasteiger partial charge in [-0.25, -0.2) is 24.1 Å². The Labute approximate surface area is 253 Å². The van der Waals surface area contributed by atoms with Crippen molar-refractivity contribution in [3.8, 4) is 0 Å². The van der Waals surface area contributed by atoms with Crippen LogP contribution in [0.15, 0.2) is 24.3 Å². The number of nitrogens with two attached hydrogens (primary N) is 1. The number of aliphatic carboxylic acids is 2. The third-order valence-corrected chi connectivity index (χ3v) is 8.24. The van der Waals surface area contributed by atoms with Crippen molar-refractivity contribution in [2.45, 2.75) is 74.5 Å². The number of rotatable bonds is 13. The minimum absolute atomic E-state index is 0.0883. The second-order valence-electron chi connectivity index (χ2n) is 9.95. The molecule has 8 N–H and O–H groups in total. The third-order valence-electron chi connectivity index (χ3n) is 6.75. The standard InChI is InChI=1S/C24H33N5O7S.C2HF3O2/c25-15-10-8-14(9-11-15)21(31)27-16(22(32)33)5-3-4-12-26-19(30)7-2-1-6-18-20-17(13-37-18)29(24(35)36)23(34)28-20;3-2(4,5)1(6)7/h8-11,16-18,20H,1-7,12-13,25H2,(H,26,30)(H,27,31)(H,28,34)(H,32,33)(H,35,36);(H,6,7)/t16?,17-,18?,20-;/m0./s1. The lowest BCUT2D eigenvalue weighted by molar-refractivity contribution is -0.192. The molecule has 0 aromatic heterocycles. The van der Waals surface area contributed by atoms with Crippen LogP contribution in [0.4, 0.5) is 28.4 Å². The topological polar surface area (TPSA) is 228 Å². The molecule has 2 aliphatic rings. The quantitative estimate of drug-likeness (QED) is 0.0933. The number of imide groups is 1. The molecule has 2 saturated heterocycles. The summed E-state index contributed by atoms with van der Waals surface area (Å²) in [7, 11) is 0. The molecule has 0 radical (unpaired) electrons. The summed E-state index contributed by atoms with van der Waals surface area (Å²) < 4.78 is 31.7. The zero-order chi connectivity index (χ0) is 33.0. The van der Waals surface area contributed by atoms with Crippen LogP contribution in [-0.2, 0) is 14.4 Å². The first kappa shape index (κ1) is 36.0. The molecule has 3 rings (SSSR count).